The van der Waals surface area contributed by atoms with Gasteiger partial charge in [0.2, 0.25) is 0 Å². The highest BCUT2D eigenvalue weighted by Gasteiger charge is 2.36. The van der Waals surface area contributed by atoms with Crippen LogP contribution in [0, 0.1) is 5.92 Å². The lowest BCUT2D eigenvalue weighted by Crippen LogP contribution is -2.41. The third kappa shape index (κ3) is 7.62. The van der Waals surface area contributed by atoms with E-state index in [1.54, 1.807) is 0 Å². The molecule has 0 aliphatic rings. The number of aliphatic hydroxyl groups is 1. The van der Waals surface area contributed by atoms with Gasteiger partial charge in [0.25, 0.3) is 0 Å². The van der Waals surface area contributed by atoms with Gasteiger partial charge < -0.3 is 14.3 Å². The molecule has 0 fully saturated rings. The molecule has 0 bridgehead atoms. The Labute approximate surface area is 143 Å². The van der Waals surface area contributed by atoms with Gasteiger partial charge in [0.15, 0.2) is 8.32 Å². The third-order valence-electron chi connectivity index (χ3n) is 4.75. The Morgan fingerprint density at radius 2 is 1.78 bits per heavy atom. The second-order valence-corrected chi connectivity index (χ2v) is 12.6. The van der Waals surface area contributed by atoms with Gasteiger partial charge in [-0.15, -0.1) is 0 Å². The summed E-state index contributed by atoms with van der Waals surface area (Å²) in [6.07, 6.45) is 1.92. The molecule has 1 aromatic rings. The van der Waals surface area contributed by atoms with Gasteiger partial charge in [-0.3, -0.25) is 0 Å². The second-order valence-electron chi connectivity index (χ2n) is 7.80. The van der Waals surface area contributed by atoms with Gasteiger partial charge in [-0.1, -0.05) is 51.1 Å². The minimum atomic E-state index is -1.65. The van der Waals surface area contributed by atoms with Crippen LogP contribution in [0.5, 0.6) is 0 Å². The molecular formula is C19H34O3Si. The lowest BCUT2D eigenvalue weighted by molar-refractivity contribution is 0.0570. The zero-order valence-corrected chi connectivity index (χ0v) is 16.5. The van der Waals surface area contributed by atoms with E-state index >= 15 is 0 Å². The zero-order chi connectivity index (χ0) is 17.3. The van der Waals surface area contributed by atoms with Crippen LogP contribution in [0.15, 0.2) is 30.3 Å². The molecule has 132 valence electrons. The summed E-state index contributed by atoms with van der Waals surface area (Å²) < 4.78 is 11.9. The predicted octanol–water partition coefficient (Wildman–Crippen LogP) is 4.61. The van der Waals surface area contributed by atoms with Crippen molar-refractivity contribution in [2.45, 2.75) is 58.4 Å². The maximum Gasteiger partial charge on any atom is 0.191 e. The van der Waals surface area contributed by atoms with Crippen molar-refractivity contribution in [3.8, 4) is 0 Å². The molecule has 23 heavy (non-hydrogen) atoms. The van der Waals surface area contributed by atoms with Crippen LogP contribution in [0.1, 0.15) is 39.2 Å². The largest absolute Gasteiger partial charge is 0.417 e. The molecule has 1 unspecified atom stereocenters. The molecule has 0 saturated heterocycles. The van der Waals surface area contributed by atoms with E-state index < -0.39 is 8.32 Å². The normalized spacial score (nSPS) is 14.0. The van der Waals surface area contributed by atoms with Crippen LogP contribution in [-0.2, 0) is 15.8 Å². The molecule has 1 aromatic carbocycles. The first kappa shape index (κ1) is 20.4. The van der Waals surface area contributed by atoms with E-state index in [1.165, 1.54) is 5.56 Å². The van der Waals surface area contributed by atoms with Crippen LogP contribution in [-0.4, -0.2) is 33.2 Å². The minimum Gasteiger partial charge on any atom is -0.417 e. The molecule has 0 aliphatic carbocycles. The smallest absolute Gasteiger partial charge is 0.191 e. The molecule has 1 N–H and O–H groups in total. The van der Waals surface area contributed by atoms with Crippen molar-refractivity contribution in [2.24, 2.45) is 5.92 Å². The van der Waals surface area contributed by atoms with Crippen molar-refractivity contribution in [3.63, 3.8) is 0 Å². The van der Waals surface area contributed by atoms with Crippen molar-refractivity contribution in [1.82, 2.24) is 0 Å². The summed E-state index contributed by atoms with van der Waals surface area (Å²) in [5.74, 6) is 0.196. The molecule has 0 aliphatic heterocycles. The van der Waals surface area contributed by atoms with Gasteiger partial charge in [-0.2, -0.15) is 0 Å². The second kappa shape index (κ2) is 9.57. The Bertz CT molecular complexity index is 426. The monoisotopic (exact) mass is 338 g/mol. The van der Waals surface area contributed by atoms with E-state index in [0.29, 0.717) is 13.2 Å². The van der Waals surface area contributed by atoms with Gasteiger partial charge in [0.05, 0.1) is 13.2 Å². The Balaban J connectivity index is 2.21. The maximum absolute atomic E-state index is 9.50. The summed E-state index contributed by atoms with van der Waals surface area (Å²) in [6.45, 7) is 13.5. The maximum atomic E-state index is 9.50. The average Bonchev–Trinajstić information content (AvgIpc) is 2.49. The van der Waals surface area contributed by atoms with E-state index in [1.807, 2.05) is 18.2 Å². The van der Waals surface area contributed by atoms with Crippen molar-refractivity contribution in [3.05, 3.63) is 35.9 Å². The highest BCUT2D eigenvalue weighted by molar-refractivity contribution is 6.74. The number of rotatable bonds is 10. The Kier molecular flexibility index (Phi) is 8.48. The Morgan fingerprint density at radius 3 is 2.35 bits per heavy atom. The van der Waals surface area contributed by atoms with E-state index in [9.17, 15) is 5.11 Å². The molecule has 0 saturated carbocycles. The minimum absolute atomic E-state index is 0.175. The first-order valence-electron chi connectivity index (χ1n) is 8.63. The fraction of sp³-hybridized carbons (Fsp3) is 0.684. The molecule has 1 atom stereocenters. The first-order chi connectivity index (χ1) is 10.8. The molecule has 0 heterocycles. The first-order valence-corrected chi connectivity index (χ1v) is 11.5. The zero-order valence-electron chi connectivity index (χ0n) is 15.5. The van der Waals surface area contributed by atoms with Gasteiger partial charge in [-0.25, -0.2) is 0 Å². The van der Waals surface area contributed by atoms with Crippen LogP contribution >= 0.6 is 0 Å². The SMILES string of the molecule is CC(C)(C)[Si](C)(C)OCCCC(CO)COCc1ccccc1. The standard InChI is InChI=1S/C19H34O3Si/c1-19(2,3)23(4,5)22-13-9-12-18(14-20)16-21-15-17-10-7-6-8-11-17/h6-8,10-11,18,20H,9,12-16H2,1-5H3. The summed E-state index contributed by atoms with van der Waals surface area (Å²) in [5.41, 5.74) is 1.17. The highest BCUT2D eigenvalue weighted by atomic mass is 28.4. The molecule has 0 amide bonds. The predicted molar refractivity (Wildman–Crippen MR) is 99.1 cm³/mol. The molecule has 0 spiro atoms. The molecule has 1 rings (SSSR count). The number of hydrogen-bond donors (Lipinski definition) is 1. The van der Waals surface area contributed by atoms with Gasteiger partial charge in [0, 0.05) is 19.1 Å². The Morgan fingerprint density at radius 1 is 1.13 bits per heavy atom. The fourth-order valence-corrected chi connectivity index (χ4v) is 3.15. The molecule has 3 nitrogen and oxygen atoms in total. The highest BCUT2D eigenvalue weighted by Crippen LogP contribution is 2.36. The van der Waals surface area contributed by atoms with Crippen molar-refractivity contribution < 1.29 is 14.3 Å². The third-order valence-corrected chi connectivity index (χ3v) is 9.29. The molecular weight excluding hydrogens is 304 g/mol. The van der Waals surface area contributed by atoms with Crippen LogP contribution in [0.3, 0.4) is 0 Å². The molecule has 0 aromatic heterocycles. The molecule has 0 radical (unpaired) electrons. The topological polar surface area (TPSA) is 38.7 Å². The summed E-state index contributed by atoms with van der Waals surface area (Å²) >= 11 is 0. The lowest BCUT2D eigenvalue weighted by Gasteiger charge is -2.36. The number of aliphatic hydroxyl groups excluding tert-OH is 1. The van der Waals surface area contributed by atoms with Crippen molar-refractivity contribution in [2.75, 3.05) is 19.8 Å². The van der Waals surface area contributed by atoms with Crippen molar-refractivity contribution >= 4 is 8.32 Å². The summed E-state index contributed by atoms with van der Waals surface area (Å²) in [6, 6.07) is 10.1. The number of hydrogen-bond acceptors (Lipinski definition) is 3. The van der Waals surface area contributed by atoms with E-state index in [0.717, 1.165) is 19.4 Å². The van der Waals surface area contributed by atoms with Crippen LogP contribution in [0.2, 0.25) is 18.1 Å². The van der Waals surface area contributed by atoms with Crippen LogP contribution in [0.4, 0.5) is 0 Å². The summed E-state index contributed by atoms with van der Waals surface area (Å²) in [4.78, 5) is 0. The average molecular weight is 339 g/mol. The lowest BCUT2D eigenvalue weighted by atomic mass is 10.1. The molecule has 4 heteroatoms. The van der Waals surface area contributed by atoms with Crippen LogP contribution in [0.25, 0.3) is 0 Å². The van der Waals surface area contributed by atoms with Gasteiger partial charge >= 0.3 is 0 Å². The van der Waals surface area contributed by atoms with Gasteiger partial charge in [-0.05, 0) is 36.5 Å². The van der Waals surface area contributed by atoms with E-state index in [-0.39, 0.29) is 17.6 Å². The number of benzene rings is 1. The summed E-state index contributed by atoms with van der Waals surface area (Å²) in [5, 5.41) is 9.75. The van der Waals surface area contributed by atoms with E-state index in [4.69, 9.17) is 9.16 Å². The quantitative estimate of drug-likeness (QED) is 0.500. The Hall–Kier alpha value is -0.683. The van der Waals surface area contributed by atoms with Gasteiger partial charge in [0.1, 0.15) is 0 Å². The van der Waals surface area contributed by atoms with E-state index in [2.05, 4.69) is 46.0 Å². The number of ether oxygens (including phenoxy) is 1. The van der Waals surface area contributed by atoms with Crippen molar-refractivity contribution in [1.29, 1.82) is 0 Å². The summed E-state index contributed by atoms with van der Waals surface area (Å²) in [7, 11) is -1.65. The van der Waals surface area contributed by atoms with Crippen LogP contribution < -0.4 is 0 Å². The fourth-order valence-electron chi connectivity index (χ4n) is 2.06.